The van der Waals surface area contributed by atoms with Crippen LogP contribution in [0.2, 0.25) is 0 Å². The molecule has 1 aliphatic rings. The zero-order valence-electron chi connectivity index (χ0n) is 14.3. The van der Waals surface area contributed by atoms with Crippen LogP contribution in [0.1, 0.15) is 31.9 Å². The van der Waals surface area contributed by atoms with Crippen molar-refractivity contribution in [3.63, 3.8) is 0 Å². The Morgan fingerprint density at radius 1 is 1.39 bits per heavy atom. The molecule has 1 aromatic heterocycles. The molecule has 0 amide bonds. The molecule has 2 rings (SSSR count). The molecule has 0 spiro atoms. The molecule has 1 saturated heterocycles. The minimum absolute atomic E-state index is 0.503. The summed E-state index contributed by atoms with van der Waals surface area (Å²) in [6.45, 7) is 6.12. The third-order valence-electron chi connectivity index (χ3n) is 4.10. The van der Waals surface area contributed by atoms with Crippen molar-refractivity contribution < 1.29 is 0 Å². The fraction of sp³-hybridized carbons (Fsp3) is 0.556. The number of aromatic nitrogens is 1. The summed E-state index contributed by atoms with van der Waals surface area (Å²) in [4.78, 5) is 11.2. The van der Waals surface area contributed by atoms with Crippen LogP contribution in [0.25, 0.3) is 0 Å². The zero-order valence-corrected chi connectivity index (χ0v) is 14.3. The molecule has 1 aromatic rings. The lowest BCUT2D eigenvalue weighted by molar-refractivity contribution is 0.196. The summed E-state index contributed by atoms with van der Waals surface area (Å²) in [7, 11) is 1.83. The van der Waals surface area contributed by atoms with E-state index < -0.39 is 0 Å². The molecule has 2 N–H and O–H groups in total. The fourth-order valence-electron chi connectivity index (χ4n) is 2.78. The third kappa shape index (κ3) is 6.40. The molecule has 0 aromatic carbocycles. The summed E-state index contributed by atoms with van der Waals surface area (Å²) in [6, 6.07) is 6.62. The van der Waals surface area contributed by atoms with Crippen LogP contribution in [-0.4, -0.2) is 48.6 Å². The van der Waals surface area contributed by atoms with E-state index in [9.17, 15) is 0 Å². The molecular formula is C18H29N5. The first-order valence-corrected chi connectivity index (χ1v) is 8.52. The Morgan fingerprint density at radius 2 is 2.22 bits per heavy atom. The predicted octanol–water partition coefficient (Wildman–Crippen LogP) is 2.18. The monoisotopic (exact) mass is 315 g/mol. The van der Waals surface area contributed by atoms with Crippen molar-refractivity contribution in [2.75, 3.05) is 26.7 Å². The zero-order chi connectivity index (χ0) is 16.3. The Kier molecular flexibility index (Phi) is 7.60. The minimum atomic E-state index is 0.503. The quantitative estimate of drug-likeness (QED) is 0.366. The molecule has 0 saturated carbocycles. The van der Waals surface area contributed by atoms with Gasteiger partial charge in [0.15, 0.2) is 5.96 Å². The highest BCUT2D eigenvalue weighted by molar-refractivity contribution is 5.79. The van der Waals surface area contributed by atoms with Crippen LogP contribution in [0.5, 0.6) is 0 Å². The first-order chi connectivity index (χ1) is 11.3. The molecule has 0 unspecified atom stereocenters. The number of rotatable bonds is 6. The number of guanidine groups is 1. The first kappa shape index (κ1) is 17.5. The van der Waals surface area contributed by atoms with Gasteiger partial charge in [-0.05, 0) is 38.3 Å². The second-order valence-electron chi connectivity index (χ2n) is 5.87. The van der Waals surface area contributed by atoms with Gasteiger partial charge in [0.25, 0.3) is 0 Å². The van der Waals surface area contributed by atoms with Crippen LogP contribution in [0, 0.1) is 0 Å². The van der Waals surface area contributed by atoms with Crippen LogP contribution in [0.15, 0.2) is 41.5 Å². The summed E-state index contributed by atoms with van der Waals surface area (Å²) in [5.74, 6) is 0.915. The van der Waals surface area contributed by atoms with Crippen molar-refractivity contribution >= 4 is 5.96 Å². The van der Waals surface area contributed by atoms with Gasteiger partial charge in [-0.2, -0.15) is 0 Å². The standard InChI is InChI=1S/C18H29N5/c1-3-4-6-12-21-18(19-2)22-16-9-13-23(14-10-16)15-17-8-5-7-11-20-17/h3-5,7-8,11,16H,6,9-10,12-15H2,1-2H3,(H2,19,21,22)/b4-3+. The van der Waals surface area contributed by atoms with E-state index in [-0.39, 0.29) is 0 Å². The molecule has 0 bridgehead atoms. The highest BCUT2D eigenvalue weighted by Gasteiger charge is 2.20. The molecule has 0 atom stereocenters. The van der Waals surface area contributed by atoms with Crippen LogP contribution >= 0.6 is 0 Å². The average Bonchev–Trinajstić information content (AvgIpc) is 2.60. The van der Waals surface area contributed by atoms with Crippen LogP contribution < -0.4 is 10.6 Å². The Hall–Kier alpha value is -1.88. The van der Waals surface area contributed by atoms with Gasteiger partial charge in [-0.3, -0.25) is 14.9 Å². The lowest BCUT2D eigenvalue weighted by Crippen LogP contribution is -2.48. The van der Waals surface area contributed by atoms with Gasteiger partial charge in [0.1, 0.15) is 0 Å². The van der Waals surface area contributed by atoms with E-state index in [1.54, 1.807) is 0 Å². The number of hydrogen-bond acceptors (Lipinski definition) is 3. The van der Waals surface area contributed by atoms with Gasteiger partial charge in [-0.25, -0.2) is 0 Å². The summed E-state index contributed by atoms with van der Waals surface area (Å²) in [5, 5.41) is 6.91. The number of allylic oxidation sites excluding steroid dienone is 1. The van der Waals surface area contributed by atoms with Gasteiger partial charge in [0.2, 0.25) is 0 Å². The largest absolute Gasteiger partial charge is 0.356 e. The van der Waals surface area contributed by atoms with Gasteiger partial charge in [0.05, 0.1) is 5.69 Å². The summed E-state index contributed by atoms with van der Waals surface area (Å²) in [5.41, 5.74) is 1.15. The van der Waals surface area contributed by atoms with Gasteiger partial charge < -0.3 is 10.6 Å². The molecule has 1 fully saturated rings. The van der Waals surface area contributed by atoms with Gasteiger partial charge in [-0.1, -0.05) is 18.2 Å². The Labute approximate surface area is 139 Å². The van der Waals surface area contributed by atoms with Crippen molar-refractivity contribution in [1.29, 1.82) is 0 Å². The van der Waals surface area contributed by atoms with E-state index >= 15 is 0 Å². The van der Waals surface area contributed by atoms with Crippen molar-refractivity contribution in [3.05, 3.63) is 42.2 Å². The van der Waals surface area contributed by atoms with Gasteiger partial charge in [0, 0.05) is 45.5 Å². The molecular weight excluding hydrogens is 286 g/mol. The molecule has 2 heterocycles. The van der Waals surface area contributed by atoms with Gasteiger partial charge >= 0.3 is 0 Å². The number of nitrogens with zero attached hydrogens (tertiary/aromatic N) is 3. The number of pyridine rings is 1. The molecule has 5 heteroatoms. The summed E-state index contributed by atoms with van der Waals surface area (Å²) < 4.78 is 0. The Morgan fingerprint density at radius 3 is 2.87 bits per heavy atom. The highest BCUT2D eigenvalue weighted by Crippen LogP contribution is 2.12. The first-order valence-electron chi connectivity index (χ1n) is 8.52. The second kappa shape index (κ2) is 10.0. The molecule has 5 nitrogen and oxygen atoms in total. The van der Waals surface area contributed by atoms with E-state index in [0.717, 1.165) is 57.1 Å². The maximum absolute atomic E-state index is 4.41. The number of nitrogens with one attached hydrogen (secondary N) is 2. The van der Waals surface area contributed by atoms with E-state index in [1.165, 1.54) is 0 Å². The van der Waals surface area contributed by atoms with Gasteiger partial charge in [-0.15, -0.1) is 0 Å². The van der Waals surface area contributed by atoms with Crippen molar-refractivity contribution in [2.24, 2.45) is 4.99 Å². The number of aliphatic imine (C=N–C) groups is 1. The Balaban J connectivity index is 1.69. The number of piperidine rings is 1. The van der Waals surface area contributed by atoms with E-state index in [1.807, 2.05) is 26.2 Å². The third-order valence-corrected chi connectivity index (χ3v) is 4.10. The van der Waals surface area contributed by atoms with Crippen LogP contribution in [-0.2, 0) is 6.54 Å². The second-order valence-corrected chi connectivity index (χ2v) is 5.87. The smallest absolute Gasteiger partial charge is 0.191 e. The van der Waals surface area contributed by atoms with Crippen molar-refractivity contribution in [2.45, 2.75) is 38.8 Å². The SMILES string of the molecule is C/C=C/CCNC(=NC)NC1CCN(Cc2ccccn2)CC1. The van der Waals surface area contributed by atoms with Crippen LogP contribution in [0.3, 0.4) is 0 Å². The highest BCUT2D eigenvalue weighted by atomic mass is 15.2. The lowest BCUT2D eigenvalue weighted by atomic mass is 10.0. The topological polar surface area (TPSA) is 52.6 Å². The average molecular weight is 315 g/mol. The fourth-order valence-corrected chi connectivity index (χ4v) is 2.78. The van der Waals surface area contributed by atoms with Crippen molar-refractivity contribution in [1.82, 2.24) is 20.5 Å². The summed E-state index contributed by atoms with van der Waals surface area (Å²) >= 11 is 0. The maximum Gasteiger partial charge on any atom is 0.191 e. The molecule has 1 aliphatic heterocycles. The van der Waals surface area contributed by atoms with E-state index in [4.69, 9.17) is 0 Å². The van der Waals surface area contributed by atoms with E-state index in [0.29, 0.717) is 6.04 Å². The normalized spacial score (nSPS) is 17.6. The molecule has 0 aliphatic carbocycles. The molecule has 126 valence electrons. The van der Waals surface area contributed by atoms with E-state index in [2.05, 4.69) is 49.8 Å². The maximum atomic E-state index is 4.41. The Bertz CT molecular complexity index is 489. The number of hydrogen-bond donors (Lipinski definition) is 2. The molecule has 23 heavy (non-hydrogen) atoms. The lowest BCUT2D eigenvalue weighted by Gasteiger charge is -2.32. The summed E-state index contributed by atoms with van der Waals surface area (Å²) in [6.07, 6.45) is 9.42. The van der Waals surface area contributed by atoms with Crippen LogP contribution in [0.4, 0.5) is 0 Å². The predicted molar refractivity (Wildman–Crippen MR) is 96.5 cm³/mol. The van der Waals surface area contributed by atoms with Crippen molar-refractivity contribution in [3.8, 4) is 0 Å². The molecule has 0 radical (unpaired) electrons. The minimum Gasteiger partial charge on any atom is -0.356 e. The number of likely N-dealkylation sites (tertiary alicyclic amines) is 1.